The van der Waals surface area contributed by atoms with Crippen molar-refractivity contribution >= 4 is 17.3 Å². The van der Waals surface area contributed by atoms with Crippen molar-refractivity contribution in [3.63, 3.8) is 0 Å². The van der Waals surface area contributed by atoms with Crippen molar-refractivity contribution in [2.24, 2.45) is 0 Å². The van der Waals surface area contributed by atoms with Crippen LogP contribution in [0.1, 0.15) is 16.4 Å². The van der Waals surface area contributed by atoms with E-state index < -0.39 is 5.97 Å². The summed E-state index contributed by atoms with van der Waals surface area (Å²) in [5.41, 5.74) is 1.44. The van der Waals surface area contributed by atoms with Crippen molar-refractivity contribution in [1.82, 2.24) is 20.0 Å². The van der Waals surface area contributed by atoms with Crippen LogP contribution in [0.3, 0.4) is 0 Å². The number of hydrogen-bond acceptors (Lipinski definition) is 5. The molecule has 0 saturated heterocycles. The van der Waals surface area contributed by atoms with Gasteiger partial charge in [0.25, 0.3) is 0 Å². The van der Waals surface area contributed by atoms with Crippen LogP contribution >= 0.6 is 11.3 Å². The number of nitrogens with zero attached hydrogens (tertiary/aromatic N) is 4. The van der Waals surface area contributed by atoms with Crippen LogP contribution in [-0.2, 0) is 17.8 Å². The average Bonchev–Trinajstić information content (AvgIpc) is 2.76. The summed E-state index contributed by atoms with van der Waals surface area (Å²) >= 11 is 1.55. The van der Waals surface area contributed by atoms with E-state index in [0.717, 1.165) is 10.7 Å². The first-order chi connectivity index (χ1) is 7.63. The highest BCUT2D eigenvalue weighted by molar-refractivity contribution is 7.09. The number of aryl methyl sites for hydroxylation is 1. The molecule has 0 amide bonds. The Morgan fingerprint density at radius 3 is 3.06 bits per heavy atom. The molecule has 1 N–H and O–H groups in total. The number of aromatic nitrogens is 4. The molecule has 0 aliphatic rings. The van der Waals surface area contributed by atoms with Crippen LogP contribution in [0.4, 0.5) is 0 Å². The lowest BCUT2D eigenvalue weighted by Gasteiger charge is -1.93. The molecule has 7 heteroatoms. The van der Waals surface area contributed by atoms with Crippen molar-refractivity contribution < 1.29 is 9.90 Å². The van der Waals surface area contributed by atoms with Crippen molar-refractivity contribution in [1.29, 1.82) is 0 Å². The minimum Gasteiger partial charge on any atom is -0.481 e. The molecule has 0 saturated carbocycles. The molecule has 0 aliphatic carbocycles. The van der Waals surface area contributed by atoms with Crippen LogP contribution in [0.5, 0.6) is 0 Å². The van der Waals surface area contributed by atoms with Gasteiger partial charge in [-0.3, -0.25) is 4.79 Å². The van der Waals surface area contributed by atoms with Gasteiger partial charge in [-0.2, -0.15) is 0 Å². The van der Waals surface area contributed by atoms with Crippen LogP contribution < -0.4 is 0 Å². The highest BCUT2D eigenvalue weighted by Crippen LogP contribution is 2.10. The number of thiazole rings is 1. The molecular weight excluding hydrogens is 228 g/mol. The first kappa shape index (κ1) is 10.7. The molecule has 2 heterocycles. The maximum Gasteiger partial charge on any atom is 0.309 e. The van der Waals surface area contributed by atoms with Gasteiger partial charge in [0.1, 0.15) is 5.01 Å². The first-order valence-electron chi connectivity index (χ1n) is 4.65. The minimum absolute atomic E-state index is 0.100. The number of aliphatic carboxylic acids is 1. The van der Waals surface area contributed by atoms with E-state index in [9.17, 15) is 4.79 Å². The van der Waals surface area contributed by atoms with E-state index in [0.29, 0.717) is 12.2 Å². The van der Waals surface area contributed by atoms with Gasteiger partial charge in [0.05, 0.1) is 18.7 Å². The minimum atomic E-state index is -0.905. The quantitative estimate of drug-likeness (QED) is 0.848. The molecule has 2 rings (SSSR count). The van der Waals surface area contributed by atoms with Gasteiger partial charge in [-0.25, -0.2) is 9.67 Å². The zero-order valence-corrected chi connectivity index (χ0v) is 9.44. The monoisotopic (exact) mass is 238 g/mol. The summed E-state index contributed by atoms with van der Waals surface area (Å²) in [6.45, 7) is 2.46. The highest BCUT2D eigenvalue weighted by atomic mass is 32.1. The summed E-state index contributed by atoms with van der Waals surface area (Å²) in [5.74, 6) is -0.905. The Balaban J connectivity index is 2.05. The van der Waals surface area contributed by atoms with Gasteiger partial charge in [0.15, 0.2) is 0 Å². The fourth-order valence-corrected chi connectivity index (χ4v) is 2.03. The third-order valence-corrected chi connectivity index (χ3v) is 2.83. The number of carboxylic acids is 1. The lowest BCUT2D eigenvalue weighted by Crippen LogP contribution is -2.00. The first-order valence-corrected chi connectivity index (χ1v) is 5.53. The molecule has 0 fully saturated rings. The van der Waals surface area contributed by atoms with Crippen molar-refractivity contribution in [3.8, 4) is 0 Å². The van der Waals surface area contributed by atoms with Gasteiger partial charge in [-0.15, -0.1) is 16.4 Å². The molecule has 0 spiro atoms. The van der Waals surface area contributed by atoms with Crippen LogP contribution in [0.25, 0.3) is 0 Å². The van der Waals surface area contributed by atoms with Crippen LogP contribution in [-0.4, -0.2) is 31.1 Å². The molecule has 0 radical (unpaired) electrons. The Labute approximate surface area is 95.6 Å². The lowest BCUT2D eigenvalue weighted by atomic mass is 10.3. The number of carbonyl (C=O) groups is 1. The van der Waals surface area contributed by atoms with Gasteiger partial charge in [0.2, 0.25) is 0 Å². The highest BCUT2D eigenvalue weighted by Gasteiger charge is 2.07. The van der Waals surface area contributed by atoms with E-state index in [1.807, 2.05) is 12.3 Å². The molecule has 0 aliphatic heterocycles. The second-order valence-electron chi connectivity index (χ2n) is 3.36. The molecule has 6 nitrogen and oxygen atoms in total. The third kappa shape index (κ3) is 2.63. The molecule has 84 valence electrons. The third-order valence-electron chi connectivity index (χ3n) is 1.88. The Kier molecular flexibility index (Phi) is 2.95. The topological polar surface area (TPSA) is 80.9 Å². The summed E-state index contributed by atoms with van der Waals surface area (Å²) in [5, 5.41) is 19.1. The van der Waals surface area contributed by atoms with E-state index in [2.05, 4.69) is 15.3 Å². The van der Waals surface area contributed by atoms with Gasteiger partial charge in [-0.1, -0.05) is 5.21 Å². The largest absolute Gasteiger partial charge is 0.481 e. The zero-order chi connectivity index (χ0) is 11.5. The molecular formula is C9H10N4O2S. The Morgan fingerprint density at radius 1 is 1.62 bits per heavy atom. The van der Waals surface area contributed by atoms with Gasteiger partial charge in [-0.05, 0) is 6.92 Å². The summed E-state index contributed by atoms with van der Waals surface area (Å²) < 4.78 is 1.59. The number of rotatable bonds is 4. The summed E-state index contributed by atoms with van der Waals surface area (Å²) in [4.78, 5) is 14.7. The predicted octanol–water partition coefficient (Wildman–Crippen LogP) is 0.718. The van der Waals surface area contributed by atoms with E-state index in [4.69, 9.17) is 5.11 Å². The van der Waals surface area contributed by atoms with E-state index in [1.54, 1.807) is 22.2 Å². The molecule has 0 bridgehead atoms. The van der Waals surface area contributed by atoms with Crippen LogP contribution in [0.15, 0.2) is 11.6 Å². The standard InChI is InChI=1S/C9H10N4O2S/c1-6-5-16-8(10-6)4-13-3-7(11-12-13)2-9(14)15/h3,5H,2,4H2,1H3,(H,14,15). The Bertz CT molecular complexity index is 505. The molecule has 2 aromatic rings. The van der Waals surface area contributed by atoms with Crippen LogP contribution in [0.2, 0.25) is 0 Å². The SMILES string of the molecule is Cc1csc(Cn2cc(CC(=O)O)nn2)n1. The smallest absolute Gasteiger partial charge is 0.309 e. The van der Waals surface area contributed by atoms with E-state index in [1.165, 1.54) is 0 Å². The fraction of sp³-hybridized carbons (Fsp3) is 0.333. The molecule has 0 atom stereocenters. The predicted molar refractivity (Wildman–Crippen MR) is 57.3 cm³/mol. The van der Waals surface area contributed by atoms with Crippen molar-refractivity contribution in [2.45, 2.75) is 19.9 Å². The summed E-state index contributed by atoms with van der Waals surface area (Å²) in [7, 11) is 0. The maximum atomic E-state index is 10.5. The second-order valence-corrected chi connectivity index (χ2v) is 4.30. The lowest BCUT2D eigenvalue weighted by molar-refractivity contribution is -0.136. The van der Waals surface area contributed by atoms with E-state index in [-0.39, 0.29) is 6.42 Å². The van der Waals surface area contributed by atoms with Gasteiger partial charge < -0.3 is 5.11 Å². The molecule has 0 aromatic carbocycles. The molecule has 0 unspecified atom stereocenters. The Hall–Kier alpha value is -1.76. The summed E-state index contributed by atoms with van der Waals surface area (Å²) in [6, 6.07) is 0. The van der Waals surface area contributed by atoms with Gasteiger partial charge in [0, 0.05) is 17.3 Å². The molecule has 2 aromatic heterocycles. The number of carboxylic acid groups (broad SMARTS) is 1. The van der Waals surface area contributed by atoms with Gasteiger partial charge >= 0.3 is 5.97 Å². The van der Waals surface area contributed by atoms with Crippen LogP contribution in [0, 0.1) is 6.92 Å². The average molecular weight is 238 g/mol. The van der Waals surface area contributed by atoms with E-state index >= 15 is 0 Å². The summed E-state index contributed by atoms with van der Waals surface area (Å²) in [6.07, 6.45) is 1.53. The normalized spacial score (nSPS) is 10.6. The Morgan fingerprint density at radius 2 is 2.44 bits per heavy atom. The van der Waals surface area contributed by atoms with Crippen molar-refractivity contribution in [2.75, 3.05) is 0 Å². The zero-order valence-electron chi connectivity index (χ0n) is 8.62. The van der Waals surface area contributed by atoms with Crippen molar-refractivity contribution in [3.05, 3.63) is 28.0 Å². The maximum absolute atomic E-state index is 10.5. The molecule has 16 heavy (non-hydrogen) atoms. The fourth-order valence-electron chi connectivity index (χ4n) is 1.27. The second kappa shape index (κ2) is 4.40. The number of hydrogen-bond donors (Lipinski definition) is 1.